The number of nitrogens with zero attached hydrogens (tertiary/aromatic N) is 3. The molecule has 2 heterocycles. The van der Waals surface area contributed by atoms with E-state index in [1.165, 1.54) is 26.3 Å². The number of amides is 1. The Bertz CT molecular complexity index is 1330. The molecule has 3 rings (SSSR count). The molecule has 0 spiro atoms. The smallest absolute Gasteiger partial charge is 0.495 e. The lowest BCUT2D eigenvalue weighted by molar-refractivity contribution is -0.137. The van der Waals surface area contributed by atoms with Crippen LogP contribution in [0.2, 0.25) is 0 Å². The lowest BCUT2D eigenvalue weighted by Crippen LogP contribution is -2.21. The van der Waals surface area contributed by atoms with E-state index in [0.717, 1.165) is 5.56 Å². The van der Waals surface area contributed by atoms with E-state index in [-0.39, 0.29) is 17.3 Å². The van der Waals surface area contributed by atoms with E-state index in [1.807, 2.05) is 0 Å². The van der Waals surface area contributed by atoms with Crippen molar-refractivity contribution in [3.63, 3.8) is 0 Å². The van der Waals surface area contributed by atoms with Gasteiger partial charge in [0.2, 0.25) is 5.95 Å². The van der Waals surface area contributed by atoms with Gasteiger partial charge in [0.15, 0.2) is 11.4 Å². The Hall–Kier alpha value is -3.35. The minimum Gasteiger partial charge on any atom is -0.495 e. The number of halogens is 4. The Kier molecular flexibility index (Phi) is 9.00. The molecule has 2 aromatic heterocycles. The molecule has 0 bridgehead atoms. The van der Waals surface area contributed by atoms with Crippen molar-refractivity contribution < 1.29 is 32.2 Å². The molecule has 0 saturated heterocycles. The maximum Gasteiger partial charge on any atom is 0.508 e. The van der Waals surface area contributed by atoms with Crippen molar-refractivity contribution in [1.29, 1.82) is 0 Å². The molecule has 2 unspecified atom stereocenters. The lowest BCUT2D eigenvalue weighted by atomic mass is 10.1. The second-order valence-corrected chi connectivity index (χ2v) is 10.0. The first-order valence-electron chi connectivity index (χ1n) is 10.6. The van der Waals surface area contributed by atoms with Gasteiger partial charge < -0.3 is 20.7 Å². The van der Waals surface area contributed by atoms with Gasteiger partial charge in [0.25, 0.3) is 5.91 Å². The maximum absolute atomic E-state index is 13.7. The number of hydrogen-bond donors (Lipinski definition) is 4. The zero-order valence-electron chi connectivity index (χ0n) is 19.7. The van der Waals surface area contributed by atoms with Crippen molar-refractivity contribution in [2.45, 2.75) is 25.2 Å². The summed E-state index contributed by atoms with van der Waals surface area (Å²) in [6.07, 6.45) is -3.85. The highest BCUT2D eigenvalue weighted by molar-refractivity contribution is 9.10. The number of carbonyl (C=O) groups is 1. The standard InChI is InChI=1S/C22H21BrF3N6O4P/c1-11(37(34)35)8-12-4-5-14(16(9-12)36-3)30-21-28-10-13(22(24,25)26)19(32-21)29-15-6-7-17(23)31-18(15)20(33)27-2/h4-7,9-11H,8H2,1-3H3,(H3-,27,28,29,30,32,33,34,35)/p+1. The third-order valence-corrected chi connectivity index (χ3v) is 6.45. The van der Waals surface area contributed by atoms with Crippen molar-refractivity contribution in [1.82, 2.24) is 20.3 Å². The number of nitrogens with one attached hydrogen (secondary N) is 3. The van der Waals surface area contributed by atoms with Gasteiger partial charge in [-0.2, -0.15) is 23.0 Å². The van der Waals surface area contributed by atoms with E-state index in [1.54, 1.807) is 25.1 Å². The quantitative estimate of drug-likeness (QED) is 0.193. The van der Waals surface area contributed by atoms with E-state index in [2.05, 4.69) is 46.8 Å². The van der Waals surface area contributed by atoms with Crippen molar-refractivity contribution in [3.05, 3.63) is 58.0 Å². The Labute approximate surface area is 219 Å². The lowest BCUT2D eigenvalue weighted by Gasteiger charge is -2.17. The van der Waals surface area contributed by atoms with Crippen LogP contribution in [0, 0.1) is 0 Å². The van der Waals surface area contributed by atoms with E-state index < -0.39 is 37.2 Å². The van der Waals surface area contributed by atoms with Gasteiger partial charge in [0, 0.05) is 19.7 Å². The van der Waals surface area contributed by atoms with Gasteiger partial charge in [-0.3, -0.25) is 4.79 Å². The molecule has 0 aliphatic rings. The second kappa shape index (κ2) is 11.8. The topological polar surface area (TPSA) is 138 Å². The number of benzene rings is 1. The van der Waals surface area contributed by atoms with Crippen molar-refractivity contribution in [2.75, 3.05) is 24.8 Å². The van der Waals surface area contributed by atoms with Crippen molar-refractivity contribution in [3.8, 4) is 5.75 Å². The third-order valence-electron chi connectivity index (χ3n) is 5.07. The van der Waals surface area contributed by atoms with Crippen molar-refractivity contribution >= 4 is 53.0 Å². The highest BCUT2D eigenvalue weighted by Crippen LogP contribution is 2.37. The summed E-state index contributed by atoms with van der Waals surface area (Å²) in [6.45, 7) is 1.64. The summed E-state index contributed by atoms with van der Waals surface area (Å²) in [4.78, 5) is 33.3. The van der Waals surface area contributed by atoms with E-state index >= 15 is 0 Å². The van der Waals surface area contributed by atoms with E-state index in [4.69, 9.17) is 4.74 Å². The number of carbonyl (C=O) groups excluding carboxylic acids is 1. The summed E-state index contributed by atoms with van der Waals surface area (Å²) in [5.41, 5.74) is -0.691. The monoisotopic (exact) mass is 601 g/mol. The Balaban J connectivity index is 1.98. The molecule has 0 aliphatic carbocycles. The molecule has 0 fully saturated rings. The van der Waals surface area contributed by atoms with Gasteiger partial charge in [0.1, 0.15) is 21.7 Å². The van der Waals surface area contributed by atoms with Crippen LogP contribution in [0.25, 0.3) is 0 Å². The minimum absolute atomic E-state index is 0.00373. The van der Waals surface area contributed by atoms with Gasteiger partial charge >= 0.3 is 14.2 Å². The molecule has 2 atom stereocenters. The number of aromatic nitrogens is 3. The molecular formula is C22H22BrF3N6O4P+. The molecule has 37 heavy (non-hydrogen) atoms. The molecule has 3 aromatic rings. The van der Waals surface area contributed by atoms with E-state index in [9.17, 15) is 27.4 Å². The first-order valence-corrected chi connectivity index (χ1v) is 12.7. The molecule has 0 saturated carbocycles. The Morgan fingerprint density at radius 1 is 1.19 bits per heavy atom. The van der Waals surface area contributed by atoms with Gasteiger partial charge in [0.05, 0.1) is 18.5 Å². The van der Waals surface area contributed by atoms with Gasteiger partial charge in [-0.1, -0.05) is 6.07 Å². The number of methoxy groups -OCH3 is 1. The molecule has 1 aromatic carbocycles. The SMILES string of the molecule is CNC(=O)c1nc(Br)ccc1Nc1nc(Nc2ccc(CC(C)[P+](=O)O)cc2OC)ncc1C(F)(F)F. The predicted octanol–water partition coefficient (Wildman–Crippen LogP) is 5.17. The van der Waals surface area contributed by atoms with Crippen LogP contribution in [-0.2, 0) is 17.2 Å². The number of pyridine rings is 1. The number of alkyl halides is 3. The summed E-state index contributed by atoms with van der Waals surface area (Å²) in [5.74, 6) is -1.07. The van der Waals surface area contributed by atoms with Crippen LogP contribution in [0.4, 0.5) is 36.3 Å². The summed E-state index contributed by atoms with van der Waals surface area (Å²) in [7, 11) is 0.420. The highest BCUT2D eigenvalue weighted by atomic mass is 79.9. The van der Waals surface area contributed by atoms with Gasteiger partial charge in [-0.15, -0.1) is 0 Å². The number of anilines is 4. The van der Waals surface area contributed by atoms with E-state index in [0.29, 0.717) is 28.7 Å². The normalized spacial score (nSPS) is 12.5. The summed E-state index contributed by atoms with van der Waals surface area (Å²) >= 11 is 3.14. The highest BCUT2D eigenvalue weighted by Gasteiger charge is 2.36. The molecule has 10 nitrogen and oxygen atoms in total. The first kappa shape index (κ1) is 28.2. The average molecular weight is 602 g/mol. The molecule has 0 radical (unpaired) electrons. The van der Waals surface area contributed by atoms with Crippen LogP contribution < -0.4 is 20.7 Å². The minimum atomic E-state index is -4.79. The molecule has 0 aliphatic heterocycles. The predicted molar refractivity (Wildman–Crippen MR) is 135 cm³/mol. The fourth-order valence-electron chi connectivity index (χ4n) is 3.21. The summed E-state index contributed by atoms with van der Waals surface area (Å²) in [6, 6.07) is 7.78. The van der Waals surface area contributed by atoms with Gasteiger partial charge in [-0.25, -0.2) is 9.97 Å². The van der Waals surface area contributed by atoms with Gasteiger partial charge in [-0.05, 0) is 57.2 Å². The van der Waals surface area contributed by atoms with Crippen LogP contribution >= 0.6 is 24.0 Å². The zero-order chi connectivity index (χ0) is 27.3. The summed E-state index contributed by atoms with van der Waals surface area (Å²) in [5, 5.41) is 7.76. The molecule has 1 amide bonds. The van der Waals surface area contributed by atoms with Crippen LogP contribution in [-0.4, -0.2) is 45.6 Å². The zero-order valence-corrected chi connectivity index (χ0v) is 22.2. The average Bonchev–Trinajstić information content (AvgIpc) is 2.84. The van der Waals surface area contributed by atoms with Crippen LogP contribution in [0.5, 0.6) is 5.75 Å². The van der Waals surface area contributed by atoms with Crippen LogP contribution in [0.3, 0.4) is 0 Å². The molecule has 196 valence electrons. The largest absolute Gasteiger partial charge is 0.508 e. The fraction of sp³-hybridized carbons (Fsp3) is 0.273. The fourth-order valence-corrected chi connectivity index (χ4v) is 3.88. The van der Waals surface area contributed by atoms with Crippen LogP contribution in [0.1, 0.15) is 28.5 Å². The number of hydrogen-bond acceptors (Lipinski definition) is 8. The number of rotatable bonds is 9. The van der Waals surface area contributed by atoms with Crippen molar-refractivity contribution in [2.24, 2.45) is 0 Å². The first-order chi connectivity index (χ1) is 17.4. The maximum atomic E-state index is 13.7. The van der Waals surface area contributed by atoms with Crippen LogP contribution in [0.15, 0.2) is 41.1 Å². The molecule has 4 N–H and O–H groups in total. The summed E-state index contributed by atoms with van der Waals surface area (Å²) < 4.78 is 58.1. The Morgan fingerprint density at radius 2 is 1.89 bits per heavy atom. The Morgan fingerprint density at radius 3 is 2.51 bits per heavy atom. The number of ether oxygens (including phenoxy) is 1. The molecular weight excluding hydrogens is 580 g/mol. The molecule has 15 heteroatoms. The third kappa shape index (κ3) is 7.12. The second-order valence-electron chi connectivity index (χ2n) is 7.70.